The highest BCUT2D eigenvalue weighted by molar-refractivity contribution is 5.94. The lowest BCUT2D eigenvalue weighted by molar-refractivity contribution is -0.144. The fourth-order valence-electron chi connectivity index (χ4n) is 3.95. The van der Waals surface area contributed by atoms with Gasteiger partial charge in [-0.2, -0.15) is 0 Å². The van der Waals surface area contributed by atoms with E-state index in [0.29, 0.717) is 43.1 Å². The Hall–Kier alpha value is -3.87. The lowest BCUT2D eigenvalue weighted by atomic mass is 10.1. The van der Waals surface area contributed by atoms with Gasteiger partial charge < -0.3 is 19.4 Å². The zero-order valence-electron chi connectivity index (χ0n) is 19.4. The molecule has 34 heavy (non-hydrogen) atoms. The number of rotatable bonds is 7. The Morgan fingerprint density at radius 2 is 1.85 bits per heavy atom. The normalized spacial score (nSPS) is 12.7. The third-order valence-electron chi connectivity index (χ3n) is 5.74. The van der Waals surface area contributed by atoms with Crippen molar-refractivity contribution in [1.29, 1.82) is 0 Å². The number of nitrogens with zero attached hydrogens (tertiary/aromatic N) is 1. The van der Waals surface area contributed by atoms with Crippen LogP contribution in [0, 0.1) is 6.92 Å². The number of carbonyl (C=O) groups excluding carboxylic acids is 3. The molecule has 176 valence electrons. The maximum atomic E-state index is 12.9. The maximum absolute atomic E-state index is 12.9. The number of nitrogens with one attached hydrogen (secondary N) is 1. The average molecular weight is 461 g/mol. The zero-order chi connectivity index (χ0) is 24.1. The van der Waals surface area contributed by atoms with E-state index < -0.39 is 0 Å². The lowest BCUT2D eigenvalue weighted by Crippen LogP contribution is -2.35. The van der Waals surface area contributed by atoms with Crippen LogP contribution in [0.25, 0.3) is 11.3 Å². The molecule has 1 aliphatic heterocycles. The molecule has 1 aliphatic rings. The minimum atomic E-state index is -0.387. The van der Waals surface area contributed by atoms with Gasteiger partial charge in [-0.1, -0.05) is 29.8 Å². The van der Waals surface area contributed by atoms with E-state index in [2.05, 4.69) is 5.32 Å². The molecule has 0 saturated carbocycles. The van der Waals surface area contributed by atoms with E-state index in [-0.39, 0.29) is 30.6 Å². The maximum Gasteiger partial charge on any atom is 0.306 e. The van der Waals surface area contributed by atoms with Crippen LogP contribution in [0.15, 0.2) is 59.0 Å². The van der Waals surface area contributed by atoms with Crippen LogP contribution >= 0.6 is 0 Å². The highest BCUT2D eigenvalue weighted by Gasteiger charge is 2.25. The smallest absolute Gasteiger partial charge is 0.306 e. The number of amides is 2. The van der Waals surface area contributed by atoms with E-state index in [1.807, 2.05) is 60.4 Å². The predicted molar refractivity (Wildman–Crippen MR) is 128 cm³/mol. The van der Waals surface area contributed by atoms with Crippen LogP contribution in [0.5, 0.6) is 0 Å². The van der Waals surface area contributed by atoms with Crippen LogP contribution in [0.3, 0.4) is 0 Å². The number of aryl methyl sites for hydroxylation is 1. The summed E-state index contributed by atoms with van der Waals surface area (Å²) in [5.74, 6) is 0.946. The summed E-state index contributed by atoms with van der Waals surface area (Å²) in [6.07, 6.45) is 0.752. The zero-order valence-corrected chi connectivity index (χ0v) is 19.4. The minimum absolute atomic E-state index is 0.0147. The summed E-state index contributed by atoms with van der Waals surface area (Å²) in [5, 5.41) is 2.81. The molecule has 0 radical (unpaired) electrons. The minimum Gasteiger partial charge on any atom is -0.466 e. The van der Waals surface area contributed by atoms with Gasteiger partial charge in [-0.15, -0.1) is 0 Å². The SMILES string of the molecule is CCOC(=O)CCC(=O)Nc1cccc(-c2cc3c(o2)CCN(C(=O)c2ccc(C)cc2)C3)c1. The summed E-state index contributed by atoms with van der Waals surface area (Å²) in [6, 6.07) is 17.0. The largest absolute Gasteiger partial charge is 0.466 e. The highest BCUT2D eigenvalue weighted by atomic mass is 16.5. The molecule has 0 bridgehead atoms. The van der Waals surface area contributed by atoms with Crippen LogP contribution in [-0.2, 0) is 27.3 Å². The number of ether oxygens (including phenoxy) is 1. The molecule has 4 rings (SSSR count). The number of benzene rings is 2. The van der Waals surface area contributed by atoms with Crippen LogP contribution in [0.1, 0.15) is 47.0 Å². The number of furan rings is 1. The number of anilines is 1. The van der Waals surface area contributed by atoms with Gasteiger partial charge in [0.05, 0.1) is 13.0 Å². The molecule has 1 aromatic heterocycles. The van der Waals surface area contributed by atoms with Gasteiger partial charge in [0, 0.05) is 48.3 Å². The van der Waals surface area contributed by atoms with E-state index in [0.717, 1.165) is 22.5 Å². The molecule has 2 heterocycles. The van der Waals surface area contributed by atoms with Gasteiger partial charge in [-0.3, -0.25) is 14.4 Å². The van der Waals surface area contributed by atoms with Gasteiger partial charge in [0.15, 0.2) is 0 Å². The van der Waals surface area contributed by atoms with Crippen LogP contribution in [0.4, 0.5) is 5.69 Å². The van der Waals surface area contributed by atoms with Crippen molar-refractivity contribution < 1.29 is 23.5 Å². The summed E-state index contributed by atoms with van der Waals surface area (Å²) in [6.45, 7) is 5.13. The number of esters is 1. The van der Waals surface area contributed by atoms with Gasteiger partial charge in [-0.05, 0) is 44.2 Å². The number of fused-ring (bicyclic) bond motifs is 1. The first-order valence-corrected chi connectivity index (χ1v) is 11.5. The van der Waals surface area contributed by atoms with Crippen molar-refractivity contribution in [2.24, 2.45) is 0 Å². The van der Waals surface area contributed by atoms with Crippen molar-refractivity contribution in [2.45, 2.75) is 39.7 Å². The first-order valence-electron chi connectivity index (χ1n) is 11.5. The fraction of sp³-hybridized carbons (Fsp3) is 0.296. The standard InChI is InChI=1S/C27H28N2O5/c1-3-33-26(31)12-11-25(30)28-22-6-4-5-20(15-22)24-16-21-17-29(14-13-23(21)34-24)27(32)19-9-7-18(2)8-10-19/h4-10,15-16H,3,11-14,17H2,1-2H3,(H,28,30). The van der Waals surface area contributed by atoms with Gasteiger partial charge in [-0.25, -0.2) is 0 Å². The molecular formula is C27H28N2O5. The summed E-state index contributed by atoms with van der Waals surface area (Å²) < 4.78 is 11.0. The molecule has 3 aromatic rings. The molecule has 0 aliphatic carbocycles. The predicted octanol–water partition coefficient (Wildman–Crippen LogP) is 4.74. The molecule has 7 heteroatoms. The molecule has 0 fully saturated rings. The lowest BCUT2D eigenvalue weighted by Gasteiger charge is -2.26. The molecule has 2 aromatic carbocycles. The van der Waals surface area contributed by atoms with Crippen LogP contribution in [0.2, 0.25) is 0 Å². The van der Waals surface area contributed by atoms with Crippen molar-refractivity contribution in [3.63, 3.8) is 0 Å². The van der Waals surface area contributed by atoms with Gasteiger partial charge >= 0.3 is 5.97 Å². The van der Waals surface area contributed by atoms with Crippen molar-refractivity contribution >= 4 is 23.5 Å². The molecule has 0 spiro atoms. The Labute approximate surface area is 198 Å². The summed E-state index contributed by atoms with van der Waals surface area (Å²) >= 11 is 0. The van der Waals surface area contributed by atoms with E-state index in [1.165, 1.54) is 0 Å². The number of hydrogen-bond acceptors (Lipinski definition) is 5. The molecule has 7 nitrogen and oxygen atoms in total. The summed E-state index contributed by atoms with van der Waals surface area (Å²) in [7, 11) is 0. The third kappa shape index (κ3) is 5.54. The van der Waals surface area contributed by atoms with E-state index in [4.69, 9.17) is 9.15 Å². The highest BCUT2D eigenvalue weighted by Crippen LogP contribution is 2.31. The second-order valence-electron chi connectivity index (χ2n) is 8.34. The average Bonchev–Trinajstić information content (AvgIpc) is 3.27. The van der Waals surface area contributed by atoms with Gasteiger partial charge in [0.2, 0.25) is 5.91 Å². The molecule has 0 atom stereocenters. The van der Waals surface area contributed by atoms with Crippen LogP contribution in [-0.4, -0.2) is 35.8 Å². The van der Waals surface area contributed by atoms with Gasteiger partial charge in [0.25, 0.3) is 5.91 Å². The number of hydrogen-bond donors (Lipinski definition) is 1. The van der Waals surface area contributed by atoms with Crippen molar-refractivity contribution in [1.82, 2.24) is 4.90 Å². The Morgan fingerprint density at radius 3 is 2.62 bits per heavy atom. The number of carbonyl (C=O) groups is 3. The van der Waals surface area contributed by atoms with Crippen molar-refractivity contribution in [2.75, 3.05) is 18.5 Å². The van der Waals surface area contributed by atoms with Crippen LogP contribution < -0.4 is 5.32 Å². The Balaban J connectivity index is 1.42. The molecular weight excluding hydrogens is 432 g/mol. The van der Waals surface area contributed by atoms with E-state index >= 15 is 0 Å². The molecule has 1 N–H and O–H groups in total. The van der Waals surface area contributed by atoms with Crippen molar-refractivity contribution in [3.05, 3.63) is 77.0 Å². The second-order valence-corrected chi connectivity index (χ2v) is 8.34. The Kier molecular flexibility index (Phi) is 7.11. The quantitative estimate of drug-likeness (QED) is 0.515. The van der Waals surface area contributed by atoms with Crippen molar-refractivity contribution in [3.8, 4) is 11.3 Å². The first kappa shape index (κ1) is 23.3. The molecule has 2 amide bonds. The summed E-state index contributed by atoms with van der Waals surface area (Å²) in [4.78, 5) is 38.4. The third-order valence-corrected chi connectivity index (χ3v) is 5.74. The van der Waals surface area contributed by atoms with E-state index in [9.17, 15) is 14.4 Å². The Bertz CT molecular complexity index is 1200. The Morgan fingerprint density at radius 1 is 1.06 bits per heavy atom. The topological polar surface area (TPSA) is 88.8 Å². The second kappa shape index (κ2) is 10.4. The van der Waals surface area contributed by atoms with Gasteiger partial charge in [0.1, 0.15) is 11.5 Å². The molecule has 0 saturated heterocycles. The summed E-state index contributed by atoms with van der Waals surface area (Å²) in [5.41, 5.74) is 4.25. The fourth-order valence-corrected chi connectivity index (χ4v) is 3.95. The molecule has 0 unspecified atom stereocenters. The van der Waals surface area contributed by atoms with E-state index in [1.54, 1.807) is 13.0 Å². The first-order chi connectivity index (χ1) is 16.4. The monoisotopic (exact) mass is 460 g/mol.